The number of likely N-dealkylation sites (tertiary alicyclic amines) is 1. The number of alkyl halides is 1. The van der Waals surface area contributed by atoms with E-state index in [1.165, 1.54) is 6.07 Å². The summed E-state index contributed by atoms with van der Waals surface area (Å²) in [4.78, 5) is 27.6. The summed E-state index contributed by atoms with van der Waals surface area (Å²) >= 11 is 5.83. The number of H-pyrrole nitrogens is 1. The van der Waals surface area contributed by atoms with Crippen LogP contribution in [-0.4, -0.2) is 34.8 Å². The minimum atomic E-state index is -0.248. The van der Waals surface area contributed by atoms with Crippen LogP contribution < -0.4 is 5.56 Å². The Morgan fingerprint density at radius 2 is 2.35 bits per heavy atom. The molecule has 0 aromatic carbocycles. The lowest BCUT2D eigenvalue weighted by molar-refractivity contribution is 0.0678. The van der Waals surface area contributed by atoms with Gasteiger partial charge in [0.25, 0.3) is 5.91 Å². The van der Waals surface area contributed by atoms with E-state index in [1.54, 1.807) is 17.0 Å². The van der Waals surface area contributed by atoms with Gasteiger partial charge in [-0.15, -0.1) is 11.6 Å². The normalized spacial score (nSPS) is 20.3. The van der Waals surface area contributed by atoms with Crippen LogP contribution in [0.3, 0.4) is 0 Å². The first-order valence-electron chi connectivity index (χ1n) is 5.75. The van der Waals surface area contributed by atoms with Crippen LogP contribution in [0.15, 0.2) is 23.0 Å². The van der Waals surface area contributed by atoms with Crippen molar-refractivity contribution in [2.75, 3.05) is 19.0 Å². The van der Waals surface area contributed by atoms with E-state index in [0.29, 0.717) is 24.0 Å². The summed E-state index contributed by atoms with van der Waals surface area (Å²) in [5, 5.41) is 0. The summed E-state index contributed by atoms with van der Waals surface area (Å²) in [6.45, 7) is 1.42. The number of aromatic nitrogens is 1. The van der Waals surface area contributed by atoms with E-state index < -0.39 is 0 Å². The second-order valence-electron chi connectivity index (χ2n) is 4.34. The number of carbonyl (C=O) groups is 1. The van der Waals surface area contributed by atoms with Gasteiger partial charge in [-0.1, -0.05) is 6.07 Å². The van der Waals surface area contributed by atoms with E-state index in [9.17, 15) is 9.59 Å². The van der Waals surface area contributed by atoms with E-state index in [2.05, 4.69) is 4.98 Å². The van der Waals surface area contributed by atoms with Crippen molar-refractivity contribution < 1.29 is 4.79 Å². The Labute approximate surface area is 105 Å². The molecule has 1 aromatic heterocycles. The predicted molar refractivity (Wildman–Crippen MR) is 66.4 cm³/mol. The molecule has 1 fully saturated rings. The highest BCUT2D eigenvalue weighted by molar-refractivity contribution is 6.18. The number of amides is 1. The van der Waals surface area contributed by atoms with Crippen LogP contribution in [0.2, 0.25) is 0 Å². The minimum absolute atomic E-state index is 0.113. The molecule has 1 aromatic rings. The van der Waals surface area contributed by atoms with Gasteiger partial charge in [0.1, 0.15) is 5.69 Å². The van der Waals surface area contributed by atoms with Gasteiger partial charge in [0.15, 0.2) is 0 Å². The Morgan fingerprint density at radius 1 is 1.53 bits per heavy atom. The van der Waals surface area contributed by atoms with E-state index >= 15 is 0 Å². The Kier molecular flexibility index (Phi) is 3.84. The van der Waals surface area contributed by atoms with Gasteiger partial charge in [0, 0.05) is 25.0 Å². The zero-order chi connectivity index (χ0) is 12.3. The Morgan fingerprint density at radius 3 is 3.06 bits per heavy atom. The van der Waals surface area contributed by atoms with Gasteiger partial charge in [-0.05, 0) is 24.8 Å². The van der Waals surface area contributed by atoms with Crippen molar-refractivity contribution in [1.29, 1.82) is 0 Å². The molecule has 2 heterocycles. The third kappa shape index (κ3) is 2.88. The van der Waals surface area contributed by atoms with Crippen LogP contribution in [0.4, 0.5) is 0 Å². The highest BCUT2D eigenvalue weighted by Gasteiger charge is 2.24. The number of hydrogen-bond acceptors (Lipinski definition) is 2. The van der Waals surface area contributed by atoms with Crippen molar-refractivity contribution in [1.82, 2.24) is 9.88 Å². The van der Waals surface area contributed by atoms with Gasteiger partial charge in [-0.2, -0.15) is 0 Å². The number of nitrogens with one attached hydrogen (secondary N) is 1. The molecule has 4 nitrogen and oxygen atoms in total. The molecule has 17 heavy (non-hydrogen) atoms. The van der Waals surface area contributed by atoms with E-state index in [1.807, 2.05) is 0 Å². The molecule has 0 radical (unpaired) electrons. The number of nitrogens with zero attached hydrogens (tertiary/aromatic N) is 1. The maximum Gasteiger partial charge on any atom is 0.270 e. The molecule has 2 rings (SSSR count). The zero-order valence-electron chi connectivity index (χ0n) is 9.49. The second kappa shape index (κ2) is 5.36. The van der Waals surface area contributed by atoms with Crippen molar-refractivity contribution >= 4 is 17.5 Å². The van der Waals surface area contributed by atoms with Crippen molar-refractivity contribution in [2.24, 2.45) is 5.92 Å². The molecule has 92 valence electrons. The molecule has 1 atom stereocenters. The number of carbonyl (C=O) groups excluding carboxylic acids is 1. The van der Waals surface area contributed by atoms with Gasteiger partial charge >= 0.3 is 0 Å². The molecular formula is C12H15ClN2O2. The fraction of sp³-hybridized carbons (Fsp3) is 0.500. The fourth-order valence-electron chi connectivity index (χ4n) is 2.12. The van der Waals surface area contributed by atoms with Crippen LogP contribution in [0.25, 0.3) is 0 Å². The molecule has 1 saturated heterocycles. The monoisotopic (exact) mass is 254 g/mol. The largest absolute Gasteiger partial charge is 0.337 e. The fourth-order valence-corrected chi connectivity index (χ4v) is 2.37. The molecule has 1 aliphatic rings. The zero-order valence-corrected chi connectivity index (χ0v) is 10.2. The van der Waals surface area contributed by atoms with Gasteiger partial charge in [-0.3, -0.25) is 9.59 Å². The predicted octanol–water partition coefficient (Wildman–Crippen LogP) is 1.47. The quantitative estimate of drug-likeness (QED) is 0.813. The van der Waals surface area contributed by atoms with Crippen LogP contribution in [-0.2, 0) is 0 Å². The average molecular weight is 255 g/mol. The maximum atomic E-state index is 12.1. The molecule has 0 aliphatic carbocycles. The number of rotatable bonds is 2. The lowest BCUT2D eigenvalue weighted by Crippen LogP contribution is -2.41. The third-order valence-electron chi connectivity index (χ3n) is 3.02. The first-order valence-corrected chi connectivity index (χ1v) is 6.28. The van der Waals surface area contributed by atoms with Crippen LogP contribution in [0, 0.1) is 5.92 Å². The van der Waals surface area contributed by atoms with Gasteiger partial charge in [0.05, 0.1) is 0 Å². The van der Waals surface area contributed by atoms with E-state index in [-0.39, 0.29) is 11.5 Å². The summed E-state index contributed by atoms with van der Waals surface area (Å²) in [5.41, 5.74) is 0.106. The lowest BCUT2D eigenvalue weighted by atomic mass is 10.00. The first-order chi connectivity index (χ1) is 8.20. The third-order valence-corrected chi connectivity index (χ3v) is 3.46. The van der Waals surface area contributed by atoms with Crippen LogP contribution in [0.1, 0.15) is 23.3 Å². The molecule has 0 saturated carbocycles. The Hall–Kier alpha value is -1.29. The van der Waals surface area contributed by atoms with Crippen molar-refractivity contribution in [2.45, 2.75) is 12.8 Å². The number of pyridine rings is 1. The summed E-state index contributed by atoms with van der Waals surface area (Å²) in [7, 11) is 0. The summed E-state index contributed by atoms with van der Waals surface area (Å²) in [6.07, 6.45) is 2.04. The average Bonchev–Trinajstić information content (AvgIpc) is 2.38. The number of piperidine rings is 1. The summed E-state index contributed by atoms with van der Waals surface area (Å²) < 4.78 is 0. The van der Waals surface area contributed by atoms with E-state index in [0.717, 1.165) is 19.4 Å². The van der Waals surface area contributed by atoms with Gasteiger partial charge < -0.3 is 9.88 Å². The lowest BCUT2D eigenvalue weighted by Gasteiger charge is -2.31. The molecule has 1 amide bonds. The number of aromatic amines is 1. The Balaban J connectivity index is 2.12. The first kappa shape index (κ1) is 12.2. The molecule has 0 bridgehead atoms. The molecule has 1 unspecified atom stereocenters. The summed E-state index contributed by atoms with van der Waals surface area (Å²) in [5.74, 6) is 0.831. The highest BCUT2D eigenvalue weighted by Crippen LogP contribution is 2.18. The van der Waals surface area contributed by atoms with Crippen LogP contribution >= 0.6 is 11.6 Å². The highest BCUT2D eigenvalue weighted by atomic mass is 35.5. The van der Waals surface area contributed by atoms with Gasteiger partial charge in [0.2, 0.25) is 5.56 Å². The van der Waals surface area contributed by atoms with Crippen molar-refractivity contribution in [3.8, 4) is 0 Å². The Bertz CT molecular complexity index is 458. The molecule has 1 N–H and O–H groups in total. The van der Waals surface area contributed by atoms with Crippen molar-refractivity contribution in [3.05, 3.63) is 34.2 Å². The van der Waals surface area contributed by atoms with Crippen LogP contribution in [0.5, 0.6) is 0 Å². The SMILES string of the molecule is O=C(c1cccc(=O)[nH]1)N1CCCC(CCl)C1. The minimum Gasteiger partial charge on any atom is -0.337 e. The standard InChI is InChI=1S/C12H15ClN2O2/c13-7-9-3-2-6-15(8-9)12(17)10-4-1-5-11(16)14-10/h1,4-5,9H,2-3,6-8H2,(H,14,16). The topological polar surface area (TPSA) is 53.2 Å². The molecule has 1 aliphatic heterocycles. The van der Waals surface area contributed by atoms with Gasteiger partial charge in [-0.25, -0.2) is 0 Å². The molecular weight excluding hydrogens is 240 g/mol. The maximum absolute atomic E-state index is 12.1. The smallest absolute Gasteiger partial charge is 0.270 e. The molecule has 5 heteroatoms. The molecule has 0 spiro atoms. The van der Waals surface area contributed by atoms with Crippen molar-refractivity contribution in [3.63, 3.8) is 0 Å². The summed E-state index contributed by atoms with van der Waals surface area (Å²) in [6, 6.07) is 4.62. The second-order valence-corrected chi connectivity index (χ2v) is 4.65. The number of hydrogen-bond donors (Lipinski definition) is 1. The number of halogens is 1. The van der Waals surface area contributed by atoms with E-state index in [4.69, 9.17) is 11.6 Å².